The minimum Gasteiger partial charge on any atom is -0.493 e. The van der Waals surface area contributed by atoms with E-state index in [1.165, 1.54) is 6.92 Å². The largest absolute Gasteiger partial charge is 0.493 e. The molecule has 0 amide bonds. The van der Waals surface area contributed by atoms with Gasteiger partial charge >= 0.3 is 5.97 Å². The van der Waals surface area contributed by atoms with Crippen LogP contribution < -0.4 is 0 Å². The first-order chi connectivity index (χ1) is 11.0. The molecule has 0 heterocycles. The molecule has 0 fully saturated rings. The van der Waals surface area contributed by atoms with Gasteiger partial charge < -0.3 is 9.47 Å². The first-order valence-corrected chi connectivity index (χ1v) is 10.2. The Kier molecular flexibility index (Phi) is 8.61. The van der Waals surface area contributed by atoms with Gasteiger partial charge in [-0.1, -0.05) is 34.3 Å². The van der Waals surface area contributed by atoms with E-state index in [0.29, 0.717) is 0 Å². The fourth-order valence-corrected chi connectivity index (χ4v) is 5.35. The van der Waals surface area contributed by atoms with Crippen LogP contribution in [0.3, 0.4) is 0 Å². The molecule has 0 bridgehead atoms. The number of carbonyl (C=O) groups is 1. The van der Waals surface area contributed by atoms with E-state index in [2.05, 4.69) is 48.1 Å². The highest BCUT2D eigenvalue weighted by molar-refractivity contribution is 7.99. The lowest BCUT2D eigenvalue weighted by molar-refractivity contribution is -0.155. The molecule has 0 aliphatic carbocycles. The summed E-state index contributed by atoms with van der Waals surface area (Å²) in [5, 5.41) is 0. The molecule has 0 rings (SSSR count). The maximum atomic E-state index is 11.3. The molecule has 4 heteroatoms. The summed E-state index contributed by atoms with van der Waals surface area (Å²) in [6.45, 7) is 24.5. The lowest BCUT2D eigenvalue weighted by atomic mass is 9.83. The second-order valence-electron chi connectivity index (χ2n) is 10.1. The zero-order valence-corrected chi connectivity index (χ0v) is 19.0. The van der Waals surface area contributed by atoms with Crippen LogP contribution in [0.5, 0.6) is 0 Å². The summed E-state index contributed by atoms with van der Waals surface area (Å²) >= 11 is 1.97. The predicted octanol–water partition coefficient (Wildman–Crippen LogP) is 6.22. The number of esters is 1. The fraction of sp³-hybridized carbons (Fsp3) is 0.857. The average Bonchev–Trinajstić information content (AvgIpc) is 2.18. The quantitative estimate of drug-likeness (QED) is 0.318. The fourth-order valence-electron chi connectivity index (χ4n) is 3.94. The summed E-state index contributed by atoms with van der Waals surface area (Å²) in [6, 6.07) is 0. The second kappa shape index (κ2) is 8.83. The van der Waals surface area contributed by atoms with E-state index < -0.39 is 5.60 Å². The third-order valence-corrected chi connectivity index (χ3v) is 5.64. The normalized spacial score (nSPS) is 13.5. The lowest BCUT2D eigenvalue weighted by Gasteiger charge is -2.37. The summed E-state index contributed by atoms with van der Waals surface area (Å²) < 4.78 is 11.3. The van der Waals surface area contributed by atoms with Crippen LogP contribution in [0.4, 0.5) is 0 Å². The van der Waals surface area contributed by atoms with Gasteiger partial charge in [-0.05, 0) is 69.8 Å². The van der Waals surface area contributed by atoms with E-state index in [4.69, 9.17) is 9.47 Å². The highest BCUT2D eigenvalue weighted by Crippen LogP contribution is 2.38. The number of hydrogen-bond acceptors (Lipinski definition) is 4. The van der Waals surface area contributed by atoms with Crippen LogP contribution >= 0.6 is 11.8 Å². The van der Waals surface area contributed by atoms with Crippen molar-refractivity contribution in [1.29, 1.82) is 0 Å². The van der Waals surface area contributed by atoms with Gasteiger partial charge in [0.25, 0.3) is 0 Å². The van der Waals surface area contributed by atoms with Gasteiger partial charge in [0, 0.05) is 6.92 Å². The van der Waals surface area contributed by atoms with Gasteiger partial charge in [-0.3, -0.25) is 4.79 Å². The van der Waals surface area contributed by atoms with Gasteiger partial charge in [0.15, 0.2) is 0 Å². The smallest absolute Gasteiger partial charge is 0.303 e. The van der Waals surface area contributed by atoms with Crippen LogP contribution in [-0.2, 0) is 14.3 Å². The van der Waals surface area contributed by atoms with Crippen molar-refractivity contribution in [3.63, 3.8) is 0 Å². The van der Waals surface area contributed by atoms with E-state index >= 15 is 0 Å². The molecule has 0 radical (unpaired) electrons. The van der Waals surface area contributed by atoms with Crippen molar-refractivity contribution < 1.29 is 14.3 Å². The monoisotopic (exact) mass is 372 g/mol. The summed E-state index contributed by atoms with van der Waals surface area (Å²) in [5.74, 6) is 2.65. The van der Waals surface area contributed by atoms with Crippen molar-refractivity contribution in [3.8, 4) is 0 Å². The number of hydrogen-bond donors (Lipinski definition) is 0. The molecule has 0 aliphatic rings. The Morgan fingerprint density at radius 3 is 1.48 bits per heavy atom. The van der Waals surface area contributed by atoms with Crippen LogP contribution in [-0.4, -0.2) is 28.7 Å². The molecule has 0 unspecified atom stereocenters. The average molecular weight is 373 g/mol. The van der Waals surface area contributed by atoms with Crippen LogP contribution in [0.25, 0.3) is 0 Å². The molecule has 0 aliphatic heterocycles. The third-order valence-electron chi connectivity index (χ3n) is 3.66. The molecule has 3 nitrogen and oxygen atoms in total. The van der Waals surface area contributed by atoms with E-state index in [-0.39, 0.29) is 22.4 Å². The Hall–Kier alpha value is -0.640. The van der Waals surface area contributed by atoms with Gasteiger partial charge in [-0.25, -0.2) is 0 Å². The van der Waals surface area contributed by atoms with Gasteiger partial charge in [0.2, 0.25) is 0 Å². The molecule has 0 atom stereocenters. The highest BCUT2D eigenvalue weighted by atomic mass is 32.2. The third kappa shape index (κ3) is 12.4. The maximum Gasteiger partial charge on any atom is 0.303 e. The number of ether oxygens (including phenoxy) is 2. The number of allylic oxidation sites excluding steroid dienone is 1. The Bertz CT molecular complexity index is 420. The Balaban J connectivity index is 4.56. The lowest BCUT2D eigenvalue weighted by Crippen LogP contribution is -2.35. The van der Waals surface area contributed by atoms with E-state index in [1.807, 2.05) is 32.5 Å². The first kappa shape index (κ1) is 24.4. The summed E-state index contributed by atoms with van der Waals surface area (Å²) in [5.41, 5.74) is -0.361. The molecule has 0 aromatic rings. The SMILES string of the molecule is C=C(C)OC(C)(C)CC(C)(C)CSCC(C)(C)CC(C)(C)OC(C)=O. The van der Waals surface area contributed by atoms with Crippen molar-refractivity contribution in [2.24, 2.45) is 10.8 Å². The van der Waals surface area contributed by atoms with Crippen molar-refractivity contribution in [2.45, 2.75) is 93.3 Å². The molecule has 0 N–H and O–H groups in total. The Morgan fingerprint density at radius 2 is 1.16 bits per heavy atom. The van der Waals surface area contributed by atoms with Gasteiger partial charge in [0.1, 0.15) is 11.2 Å². The Morgan fingerprint density at radius 1 is 0.800 bits per heavy atom. The minimum absolute atomic E-state index is 0.101. The van der Waals surface area contributed by atoms with E-state index in [0.717, 1.165) is 30.1 Å². The van der Waals surface area contributed by atoms with E-state index in [9.17, 15) is 4.79 Å². The summed E-state index contributed by atoms with van der Waals surface area (Å²) in [7, 11) is 0. The van der Waals surface area contributed by atoms with Gasteiger partial charge in [-0.2, -0.15) is 11.8 Å². The van der Waals surface area contributed by atoms with Crippen LogP contribution in [0, 0.1) is 10.8 Å². The van der Waals surface area contributed by atoms with Gasteiger partial charge in [-0.15, -0.1) is 0 Å². The zero-order valence-electron chi connectivity index (χ0n) is 18.2. The minimum atomic E-state index is -0.428. The first-order valence-electron chi connectivity index (χ1n) is 9.07. The maximum absolute atomic E-state index is 11.3. The van der Waals surface area contributed by atoms with Crippen LogP contribution in [0.1, 0.15) is 82.1 Å². The molecular weight excluding hydrogens is 332 g/mol. The molecular formula is C21H40O3S. The number of thioether (sulfide) groups is 1. The van der Waals surface area contributed by atoms with Crippen molar-refractivity contribution in [2.75, 3.05) is 11.5 Å². The number of rotatable bonds is 11. The van der Waals surface area contributed by atoms with Crippen molar-refractivity contribution in [1.82, 2.24) is 0 Å². The molecule has 0 aromatic heterocycles. The Labute approximate surface area is 160 Å². The van der Waals surface area contributed by atoms with Gasteiger partial charge in [0.05, 0.1) is 5.76 Å². The van der Waals surface area contributed by atoms with Crippen LogP contribution in [0.15, 0.2) is 12.3 Å². The molecule has 25 heavy (non-hydrogen) atoms. The van der Waals surface area contributed by atoms with E-state index in [1.54, 1.807) is 0 Å². The zero-order chi connectivity index (χ0) is 20.1. The summed E-state index contributed by atoms with van der Waals surface area (Å²) in [6.07, 6.45) is 1.82. The van der Waals surface area contributed by atoms with Crippen molar-refractivity contribution in [3.05, 3.63) is 12.3 Å². The predicted molar refractivity (Wildman–Crippen MR) is 110 cm³/mol. The number of carbonyl (C=O) groups excluding carboxylic acids is 1. The molecule has 0 saturated heterocycles. The topological polar surface area (TPSA) is 35.5 Å². The van der Waals surface area contributed by atoms with Crippen LogP contribution in [0.2, 0.25) is 0 Å². The van der Waals surface area contributed by atoms with Crippen molar-refractivity contribution >= 4 is 17.7 Å². The molecule has 0 spiro atoms. The second-order valence-corrected chi connectivity index (χ2v) is 11.1. The highest BCUT2D eigenvalue weighted by Gasteiger charge is 2.33. The summed E-state index contributed by atoms with van der Waals surface area (Å²) in [4.78, 5) is 11.3. The molecule has 148 valence electrons. The standard InChI is InChI=1S/C21H40O3S/c1-16(2)23-20(8,9)12-18(4,5)14-25-15-19(6,7)13-21(10,11)24-17(3)22/h1,12-15H2,2-11H3. The molecule has 0 aromatic carbocycles. The molecule has 0 saturated carbocycles.